The molecule has 2 heteroatoms. The van der Waals surface area contributed by atoms with E-state index >= 15 is 0 Å². The van der Waals surface area contributed by atoms with Crippen molar-refractivity contribution in [3.05, 3.63) is 34.4 Å². The molecule has 63 valence electrons. The van der Waals surface area contributed by atoms with E-state index in [-0.39, 0.29) is 0 Å². The zero-order chi connectivity index (χ0) is 9.30. The molecule has 0 aliphatic carbocycles. The van der Waals surface area contributed by atoms with Crippen LogP contribution in [0, 0.1) is 20.8 Å². The van der Waals surface area contributed by atoms with Crippen LogP contribution < -0.4 is 5.73 Å². The number of aryl methyl sites for hydroxylation is 3. The summed E-state index contributed by atoms with van der Waals surface area (Å²) in [6, 6.07) is 3.85. The van der Waals surface area contributed by atoms with Gasteiger partial charge in [0.15, 0.2) is 0 Å². The summed E-state index contributed by atoms with van der Waals surface area (Å²) in [4.78, 5) is 10.9. The molecule has 1 aromatic rings. The molecule has 0 fully saturated rings. The minimum absolute atomic E-state index is 0.542. The van der Waals surface area contributed by atoms with Crippen molar-refractivity contribution in [3.63, 3.8) is 0 Å². The molecular formula is C10H12NO. The Morgan fingerprint density at radius 3 is 1.92 bits per heavy atom. The van der Waals surface area contributed by atoms with Crippen LogP contribution in [0.2, 0.25) is 0 Å². The van der Waals surface area contributed by atoms with Crippen LogP contribution in [0.25, 0.3) is 0 Å². The van der Waals surface area contributed by atoms with Gasteiger partial charge in [0.25, 0.3) is 5.91 Å². The molecule has 0 bridgehead atoms. The lowest BCUT2D eigenvalue weighted by molar-refractivity contribution is 0.0991. The molecule has 0 aromatic heterocycles. The van der Waals surface area contributed by atoms with E-state index in [1.54, 1.807) is 0 Å². The molecule has 1 N–H and O–H groups in total. The van der Waals surface area contributed by atoms with Gasteiger partial charge in [0.05, 0.1) is 0 Å². The van der Waals surface area contributed by atoms with Crippen LogP contribution in [0.4, 0.5) is 0 Å². The highest BCUT2D eigenvalue weighted by atomic mass is 16.1. The smallest absolute Gasteiger partial charge is 0.267 e. The average Bonchev–Trinajstić information content (AvgIpc) is 1.82. The second kappa shape index (κ2) is 2.97. The number of carbonyl (C=O) groups is 1. The van der Waals surface area contributed by atoms with Crippen molar-refractivity contribution in [2.24, 2.45) is 0 Å². The monoisotopic (exact) mass is 162 g/mol. The number of carbonyl (C=O) groups excluding carboxylic acids is 1. The average molecular weight is 162 g/mol. The first-order chi connectivity index (χ1) is 5.52. The van der Waals surface area contributed by atoms with Crippen LogP contribution in [0.15, 0.2) is 12.1 Å². The summed E-state index contributed by atoms with van der Waals surface area (Å²) in [7, 11) is 0. The molecule has 0 aliphatic heterocycles. The standard InChI is InChI=1S/C10H12NO/c1-6-4-7(2)9(10(11)12)8(3)5-6/h4-5,11H,1-3H3. The van der Waals surface area contributed by atoms with Gasteiger partial charge < -0.3 is 0 Å². The normalized spacial score (nSPS) is 9.92. The Balaban J connectivity index is 3.38. The molecule has 0 saturated carbocycles. The van der Waals surface area contributed by atoms with Gasteiger partial charge >= 0.3 is 0 Å². The van der Waals surface area contributed by atoms with Gasteiger partial charge in [-0.3, -0.25) is 10.5 Å². The van der Waals surface area contributed by atoms with Gasteiger partial charge in [0.2, 0.25) is 0 Å². The van der Waals surface area contributed by atoms with Crippen LogP contribution in [-0.4, -0.2) is 5.91 Å². The van der Waals surface area contributed by atoms with Crippen LogP contribution in [0.1, 0.15) is 27.0 Å². The van der Waals surface area contributed by atoms with Gasteiger partial charge in [-0.2, -0.15) is 0 Å². The fourth-order valence-electron chi connectivity index (χ4n) is 1.54. The summed E-state index contributed by atoms with van der Waals surface area (Å²) in [5, 5.41) is 0. The summed E-state index contributed by atoms with van der Waals surface area (Å²) in [5.74, 6) is -0.593. The van der Waals surface area contributed by atoms with E-state index in [1.807, 2.05) is 32.9 Å². The van der Waals surface area contributed by atoms with E-state index in [0.717, 1.165) is 16.7 Å². The van der Waals surface area contributed by atoms with Crippen LogP contribution in [0.3, 0.4) is 0 Å². The van der Waals surface area contributed by atoms with E-state index in [0.29, 0.717) is 5.56 Å². The highest BCUT2D eigenvalue weighted by molar-refractivity contribution is 5.95. The molecule has 0 spiro atoms. The molecule has 0 atom stereocenters. The SMILES string of the molecule is Cc1cc(C)c(C([NH])=O)c(C)c1. The summed E-state index contributed by atoms with van der Waals surface area (Å²) in [6.07, 6.45) is 0. The Hall–Kier alpha value is -1.31. The number of nitrogens with one attached hydrogen (secondary N) is 1. The highest BCUT2D eigenvalue weighted by Gasteiger charge is 2.08. The van der Waals surface area contributed by atoms with E-state index in [4.69, 9.17) is 5.73 Å². The summed E-state index contributed by atoms with van der Waals surface area (Å²) in [6.45, 7) is 5.71. The predicted molar refractivity (Wildman–Crippen MR) is 48.1 cm³/mol. The fraction of sp³-hybridized carbons (Fsp3) is 0.300. The third-order valence-corrected chi connectivity index (χ3v) is 1.90. The van der Waals surface area contributed by atoms with Crippen molar-refractivity contribution in [2.75, 3.05) is 0 Å². The second-order valence-electron chi connectivity index (χ2n) is 3.10. The number of hydrogen-bond acceptors (Lipinski definition) is 1. The van der Waals surface area contributed by atoms with Crippen molar-refractivity contribution >= 4 is 5.91 Å². The molecule has 1 rings (SSSR count). The van der Waals surface area contributed by atoms with Crippen LogP contribution in [0.5, 0.6) is 0 Å². The molecule has 0 heterocycles. The minimum Gasteiger partial charge on any atom is -0.267 e. The molecule has 1 amide bonds. The number of benzene rings is 1. The van der Waals surface area contributed by atoms with Crippen molar-refractivity contribution in [3.8, 4) is 0 Å². The molecule has 1 aromatic carbocycles. The number of rotatable bonds is 1. The van der Waals surface area contributed by atoms with E-state index in [9.17, 15) is 4.79 Å². The van der Waals surface area contributed by atoms with Crippen molar-refractivity contribution in [1.82, 2.24) is 5.73 Å². The maximum atomic E-state index is 10.9. The summed E-state index contributed by atoms with van der Waals surface area (Å²) in [5.41, 5.74) is 10.5. The third kappa shape index (κ3) is 1.47. The van der Waals surface area contributed by atoms with Gasteiger partial charge in [-0.25, -0.2) is 0 Å². The Morgan fingerprint density at radius 2 is 1.58 bits per heavy atom. The largest absolute Gasteiger partial charge is 0.270 e. The zero-order valence-corrected chi connectivity index (χ0v) is 7.56. The zero-order valence-electron chi connectivity index (χ0n) is 7.56. The number of amides is 1. The minimum atomic E-state index is -0.593. The maximum Gasteiger partial charge on any atom is 0.270 e. The lowest BCUT2D eigenvalue weighted by atomic mass is 10.00. The summed E-state index contributed by atoms with van der Waals surface area (Å²) < 4.78 is 0. The van der Waals surface area contributed by atoms with Crippen molar-refractivity contribution in [2.45, 2.75) is 20.8 Å². The molecule has 0 aliphatic rings. The first kappa shape index (κ1) is 8.78. The van der Waals surface area contributed by atoms with Gasteiger partial charge in [0, 0.05) is 5.56 Å². The first-order valence-corrected chi connectivity index (χ1v) is 3.86. The fourth-order valence-corrected chi connectivity index (χ4v) is 1.54. The van der Waals surface area contributed by atoms with E-state index in [2.05, 4.69) is 0 Å². The van der Waals surface area contributed by atoms with Gasteiger partial charge in [0.1, 0.15) is 0 Å². The molecule has 0 saturated heterocycles. The topological polar surface area (TPSA) is 40.9 Å². The van der Waals surface area contributed by atoms with Crippen molar-refractivity contribution in [1.29, 1.82) is 0 Å². The lowest BCUT2D eigenvalue weighted by Crippen LogP contribution is -2.05. The highest BCUT2D eigenvalue weighted by Crippen LogP contribution is 2.15. The Kier molecular flexibility index (Phi) is 2.18. The quantitative estimate of drug-likeness (QED) is 0.622. The molecule has 1 radical (unpaired) electrons. The lowest BCUT2D eigenvalue weighted by Gasteiger charge is -2.06. The third-order valence-electron chi connectivity index (χ3n) is 1.90. The molecule has 0 unspecified atom stereocenters. The summed E-state index contributed by atoms with van der Waals surface area (Å²) >= 11 is 0. The van der Waals surface area contributed by atoms with Crippen molar-refractivity contribution < 1.29 is 4.79 Å². The molecule has 2 nitrogen and oxygen atoms in total. The number of hydrogen-bond donors (Lipinski definition) is 0. The molecular weight excluding hydrogens is 150 g/mol. The van der Waals surface area contributed by atoms with Crippen LogP contribution >= 0.6 is 0 Å². The Bertz CT molecular complexity index is 306. The predicted octanol–water partition coefficient (Wildman–Crippen LogP) is 2.03. The second-order valence-corrected chi connectivity index (χ2v) is 3.10. The first-order valence-electron chi connectivity index (χ1n) is 3.86. The van der Waals surface area contributed by atoms with Crippen LogP contribution in [-0.2, 0) is 0 Å². The molecule has 12 heavy (non-hydrogen) atoms. The van der Waals surface area contributed by atoms with E-state index in [1.165, 1.54) is 0 Å². The van der Waals surface area contributed by atoms with Gasteiger partial charge in [-0.15, -0.1) is 0 Å². The van der Waals surface area contributed by atoms with Gasteiger partial charge in [-0.1, -0.05) is 17.7 Å². The Labute approximate surface area is 72.4 Å². The maximum absolute atomic E-state index is 10.9. The van der Waals surface area contributed by atoms with Gasteiger partial charge in [-0.05, 0) is 31.9 Å². The Morgan fingerprint density at radius 1 is 1.17 bits per heavy atom. The van der Waals surface area contributed by atoms with E-state index < -0.39 is 5.91 Å².